The molecule has 2 aromatic carbocycles. The molecule has 0 atom stereocenters. The van der Waals surface area contributed by atoms with Gasteiger partial charge < -0.3 is 10.6 Å². The van der Waals surface area contributed by atoms with Gasteiger partial charge in [-0.15, -0.1) is 24.0 Å². The summed E-state index contributed by atoms with van der Waals surface area (Å²) in [5, 5.41) is 11.1. The highest BCUT2D eigenvalue weighted by Crippen LogP contribution is 2.24. The molecule has 0 radical (unpaired) electrons. The molecule has 0 aliphatic rings. The van der Waals surface area contributed by atoms with E-state index in [9.17, 15) is 0 Å². The number of nitrogens with zero attached hydrogens (tertiary/aromatic N) is 5. The van der Waals surface area contributed by atoms with E-state index >= 15 is 0 Å². The Morgan fingerprint density at radius 3 is 2.32 bits per heavy atom. The van der Waals surface area contributed by atoms with Crippen molar-refractivity contribution in [2.24, 2.45) is 4.99 Å². The number of hydrogen-bond acceptors (Lipinski definition) is 4. The summed E-state index contributed by atoms with van der Waals surface area (Å²) in [5.74, 6) is 0.820. The number of aliphatic imine (C=N–C) groups is 1. The molecule has 34 heavy (non-hydrogen) atoms. The molecule has 2 N–H and O–H groups in total. The van der Waals surface area contributed by atoms with Crippen molar-refractivity contribution in [3.05, 3.63) is 72.3 Å². The van der Waals surface area contributed by atoms with Crippen LogP contribution in [-0.4, -0.2) is 57.8 Å². The lowest BCUT2D eigenvalue weighted by Gasteiger charge is -2.30. The minimum atomic E-state index is 0. The molecule has 0 bridgehead atoms. The minimum absolute atomic E-state index is 0. The lowest BCUT2D eigenvalue weighted by Crippen LogP contribution is -2.45. The first-order valence-corrected chi connectivity index (χ1v) is 11.7. The number of guanidine groups is 1. The maximum absolute atomic E-state index is 4.40. The van der Waals surface area contributed by atoms with Crippen molar-refractivity contribution in [2.45, 2.75) is 52.9 Å². The number of hydrogen-bond donors (Lipinski definition) is 2. The van der Waals surface area contributed by atoms with Crippen LogP contribution in [0.2, 0.25) is 0 Å². The highest BCUT2D eigenvalue weighted by molar-refractivity contribution is 14.0. The Morgan fingerprint density at radius 1 is 1.00 bits per heavy atom. The fraction of sp³-hybridized carbons (Fsp3) is 0.423. The van der Waals surface area contributed by atoms with E-state index in [4.69, 9.17) is 0 Å². The van der Waals surface area contributed by atoms with Crippen LogP contribution in [0.15, 0.2) is 66.2 Å². The van der Waals surface area contributed by atoms with Crippen LogP contribution in [0.5, 0.6) is 0 Å². The zero-order valence-corrected chi connectivity index (χ0v) is 23.2. The molecular weight excluding hydrogens is 537 g/mol. The van der Waals surface area contributed by atoms with E-state index in [0.29, 0.717) is 18.6 Å². The number of halogens is 1. The van der Waals surface area contributed by atoms with Crippen LogP contribution in [0.25, 0.3) is 11.1 Å². The van der Waals surface area contributed by atoms with Gasteiger partial charge in [-0.05, 0) is 49.9 Å². The van der Waals surface area contributed by atoms with Crippen molar-refractivity contribution in [3.63, 3.8) is 0 Å². The van der Waals surface area contributed by atoms with Gasteiger partial charge in [0.05, 0.1) is 6.54 Å². The smallest absolute Gasteiger partial charge is 0.191 e. The van der Waals surface area contributed by atoms with Crippen LogP contribution < -0.4 is 10.6 Å². The maximum Gasteiger partial charge on any atom is 0.191 e. The Hall–Kier alpha value is -2.46. The second-order valence-electron chi connectivity index (χ2n) is 8.72. The predicted octanol–water partition coefficient (Wildman–Crippen LogP) is 4.40. The molecule has 1 heterocycles. The molecule has 0 saturated carbocycles. The molecule has 3 rings (SSSR count). The zero-order valence-electron chi connectivity index (χ0n) is 20.9. The molecule has 0 saturated heterocycles. The van der Waals surface area contributed by atoms with Crippen LogP contribution in [-0.2, 0) is 13.1 Å². The van der Waals surface area contributed by atoms with Crippen molar-refractivity contribution in [3.8, 4) is 11.1 Å². The number of nitrogens with one attached hydrogen (secondary N) is 2. The van der Waals surface area contributed by atoms with E-state index in [-0.39, 0.29) is 24.0 Å². The van der Waals surface area contributed by atoms with Crippen molar-refractivity contribution in [1.82, 2.24) is 30.3 Å². The first-order chi connectivity index (χ1) is 16.0. The molecule has 1 aromatic heterocycles. The van der Waals surface area contributed by atoms with E-state index < -0.39 is 0 Å². The lowest BCUT2D eigenvalue weighted by atomic mass is 9.98. The minimum Gasteiger partial charge on any atom is -0.355 e. The third-order valence-electron chi connectivity index (χ3n) is 5.75. The van der Waals surface area contributed by atoms with Gasteiger partial charge in [0.2, 0.25) is 0 Å². The first kappa shape index (κ1) is 27.8. The van der Waals surface area contributed by atoms with Crippen molar-refractivity contribution in [2.75, 3.05) is 20.1 Å². The fourth-order valence-corrected chi connectivity index (χ4v) is 4.06. The third kappa shape index (κ3) is 8.09. The van der Waals surface area contributed by atoms with Crippen LogP contribution >= 0.6 is 24.0 Å². The summed E-state index contributed by atoms with van der Waals surface area (Å²) in [4.78, 5) is 10.9. The first-order valence-electron chi connectivity index (χ1n) is 11.7. The summed E-state index contributed by atoms with van der Waals surface area (Å²) < 4.78 is 1.83. The predicted molar refractivity (Wildman–Crippen MR) is 152 cm³/mol. The molecule has 0 aliphatic carbocycles. The van der Waals surface area contributed by atoms with Crippen LogP contribution in [0.1, 0.15) is 38.8 Å². The lowest BCUT2D eigenvalue weighted by molar-refractivity contribution is 0.178. The summed E-state index contributed by atoms with van der Waals surface area (Å²) in [6.45, 7) is 12.2. The van der Waals surface area contributed by atoms with Crippen molar-refractivity contribution < 1.29 is 0 Å². The third-order valence-corrected chi connectivity index (χ3v) is 5.75. The standard InChI is InChI=1S/C26H37N7.HI/c1-20(2)33(21(3)4)15-14-29-26(27-5)30-16-24-8-6-7-9-25(24)23-12-10-22(11-13-23)17-32-19-28-18-31-32;/h6-13,18-21H,14-17H2,1-5H3,(H2,27,29,30);1H. The average Bonchev–Trinajstić information content (AvgIpc) is 3.32. The Balaban J connectivity index is 0.00000408. The molecule has 0 unspecified atom stereocenters. The molecule has 0 spiro atoms. The fourth-order valence-electron chi connectivity index (χ4n) is 4.06. The van der Waals surface area contributed by atoms with Crippen molar-refractivity contribution in [1.29, 1.82) is 0 Å². The number of aromatic nitrogens is 3. The van der Waals surface area contributed by atoms with Gasteiger partial charge >= 0.3 is 0 Å². The van der Waals surface area contributed by atoms with E-state index in [2.05, 4.69) is 107 Å². The summed E-state index contributed by atoms with van der Waals surface area (Å²) >= 11 is 0. The molecule has 7 nitrogen and oxygen atoms in total. The van der Waals surface area contributed by atoms with Crippen molar-refractivity contribution >= 4 is 29.9 Å². The number of benzene rings is 2. The quantitative estimate of drug-likeness (QED) is 0.213. The highest BCUT2D eigenvalue weighted by atomic mass is 127. The Kier molecular flexibility index (Phi) is 11.5. The van der Waals surface area contributed by atoms with E-state index in [1.54, 1.807) is 12.7 Å². The zero-order chi connectivity index (χ0) is 23.6. The largest absolute Gasteiger partial charge is 0.355 e. The van der Waals surface area contributed by atoms with E-state index in [1.165, 1.54) is 22.3 Å². The summed E-state index contributed by atoms with van der Waals surface area (Å²) in [6.07, 6.45) is 3.30. The van der Waals surface area contributed by atoms with Gasteiger partial charge in [0.1, 0.15) is 12.7 Å². The molecule has 0 fully saturated rings. The Morgan fingerprint density at radius 2 is 1.71 bits per heavy atom. The van der Waals surface area contributed by atoms with Gasteiger partial charge in [0.25, 0.3) is 0 Å². The summed E-state index contributed by atoms with van der Waals surface area (Å²) in [6, 6.07) is 18.2. The van der Waals surface area contributed by atoms with Gasteiger partial charge in [-0.1, -0.05) is 48.5 Å². The van der Waals surface area contributed by atoms with Gasteiger partial charge in [-0.3, -0.25) is 9.89 Å². The van der Waals surface area contributed by atoms with Gasteiger partial charge in [0, 0.05) is 38.8 Å². The summed E-state index contributed by atoms with van der Waals surface area (Å²) in [5.41, 5.74) is 4.84. The van der Waals surface area contributed by atoms with Gasteiger partial charge in [-0.2, -0.15) is 5.10 Å². The monoisotopic (exact) mass is 575 g/mol. The average molecular weight is 576 g/mol. The molecule has 184 valence electrons. The molecular formula is C26H38IN7. The molecule has 8 heteroatoms. The second kappa shape index (κ2) is 14.1. The highest BCUT2D eigenvalue weighted by Gasteiger charge is 2.13. The van der Waals surface area contributed by atoms with Gasteiger partial charge in [-0.25, -0.2) is 9.67 Å². The SMILES string of the molecule is CN=C(NCCN(C(C)C)C(C)C)NCc1ccccc1-c1ccc(Cn2cncn2)cc1.I. The van der Waals surface area contributed by atoms with E-state index in [1.807, 2.05) is 11.7 Å². The second-order valence-corrected chi connectivity index (χ2v) is 8.72. The van der Waals surface area contributed by atoms with Crippen LogP contribution in [0.3, 0.4) is 0 Å². The number of rotatable bonds is 10. The topological polar surface area (TPSA) is 70.4 Å². The Bertz CT molecular complexity index is 990. The molecule has 3 aromatic rings. The van der Waals surface area contributed by atoms with Crippen LogP contribution in [0, 0.1) is 0 Å². The Labute approximate surface area is 221 Å². The normalized spacial score (nSPS) is 11.7. The molecule has 0 aliphatic heterocycles. The summed E-state index contributed by atoms with van der Waals surface area (Å²) in [7, 11) is 1.82. The van der Waals surface area contributed by atoms with E-state index in [0.717, 1.165) is 25.6 Å². The molecule has 0 amide bonds. The maximum atomic E-state index is 4.40. The van der Waals surface area contributed by atoms with Crippen LogP contribution in [0.4, 0.5) is 0 Å². The van der Waals surface area contributed by atoms with Gasteiger partial charge in [0.15, 0.2) is 5.96 Å².